The number of benzene rings is 4. The summed E-state index contributed by atoms with van der Waals surface area (Å²) in [4.78, 5) is 29.8. The van der Waals surface area contributed by atoms with Crippen LogP contribution in [0.1, 0.15) is 31.8 Å². The summed E-state index contributed by atoms with van der Waals surface area (Å²) >= 11 is 0. The largest absolute Gasteiger partial charge is 0.289 e. The highest BCUT2D eigenvalue weighted by Crippen LogP contribution is 2.38. The molecule has 29 heavy (non-hydrogen) atoms. The van der Waals surface area contributed by atoms with Gasteiger partial charge in [-0.25, -0.2) is 0 Å². The van der Waals surface area contributed by atoms with Crippen LogP contribution in [0.2, 0.25) is 0 Å². The molecule has 0 amide bonds. The summed E-state index contributed by atoms with van der Waals surface area (Å²) in [5, 5.41) is 0. The SMILES string of the molecule is O=C1c2ccccc2C(=O)c2c1cccc2[S+](c1ccccc1)c1ccccc1. The lowest BCUT2D eigenvalue weighted by atomic mass is 9.84. The van der Waals surface area contributed by atoms with E-state index in [0.29, 0.717) is 22.3 Å². The molecule has 0 aliphatic heterocycles. The van der Waals surface area contributed by atoms with Crippen LogP contribution in [0, 0.1) is 0 Å². The van der Waals surface area contributed by atoms with Gasteiger partial charge in [0.25, 0.3) is 0 Å². The average molecular weight is 393 g/mol. The highest BCUT2D eigenvalue weighted by molar-refractivity contribution is 7.97. The highest BCUT2D eigenvalue weighted by atomic mass is 32.2. The zero-order valence-corrected chi connectivity index (χ0v) is 16.4. The molecule has 0 saturated carbocycles. The van der Waals surface area contributed by atoms with Crippen molar-refractivity contribution >= 4 is 22.5 Å². The molecule has 0 unspecified atom stereocenters. The van der Waals surface area contributed by atoms with Crippen molar-refractivity contribution in [2.24, 2.45) is 0 Å². The van der Waals surface area contributed by atoms with E-state index in [0.717, 1.165) is 14.7 Å². The first kappa shape index (κ1) is 17.7. The van der Waals surface area contributed by atoms with Gasteiger partial charge in [-0.3, -0.25) is 9.59 Å². The first-order chi connectivity index (χ1) is 14.3. The minimum Gasteiger partial charge on any atom is -0.289 e. The molecular weight excluding hydrogens is 376 g/mol. The van der Waals surface area contributed by atoms with Crippen LogP contribution in [0.5, 0.6) is 0 Å². The van der Waals surface area contributed by atoms with Crippen LogP contribution in [0.15, 0.2) is 118 Å². The number of rotatable bonds is 3. The van der Waals surface area contributed by atoms with Gasteiger partial charge in [0.1, 0.15) is 10.9 Å². The van der Waals surface area contributed by atoms with Crippen molar-refractivity contribution in [1.82, 2.24) is 0 Å². The predicted octanol–water partition coefficient (Wildman–Crippen LogP) is 5.56. The lowest BCUT2D eigenvalue weighted by Crippen LogP contribution is -2.24. The predicted molar refractivity (Wildman–Crippen MR) is 115 cm³/mol. The molecular formula is C26H17O2S+. The van der Waals surface area contributed by atoms with E-state index < -0.39 is 10.9 Å². The van der Waals surface area contributed by atoms with Crippen molar-refractivity contribution in [2.45, 2.75) is 14.7 Å². The van der Waals surface area contributed by atoms with Gasteiger partial charge < -0.3 is 0 Å². The summed E-state index contributed by atoms with van der Waals surface area (Å²) in [6.45, 7) is 0. The molecule has 0 radical (unpaired) electrons. The molecule has 4 aromatic rings. The third-order valence-electron chi connectivity index (χ3n) is 5.09. The van der Waals surface area contributed by atoms with Crippen LogP contribution in [0.25, 0.3) is 0 Å². The molecule has 0 spiro atoms. The fourth-order valence-electron chi connectivity index (χ4n) is 3.79. The van der Waals surface area contributed by atoms with Crippen molar-refractivity contribution < 1.29 is 9.59 Å². The number of ketones is 2. The molecule has 0 atom stereocenters. The van der Waals surface area contributed by atoms with Crippen molar-refractivity contribution in [1.29, 1.82) is 0 Å². The van der Waals surface area contributed by atoms with Crippen molar-refractivity contribution in [2.75, 3.05) is 0 Å². The lowest BCUT2D eigenvalue weighted by Gasteiger charge is -2.19. The van der Waals surface area contributed by atoms with E-state index in [2.05, 4.69) is 24.3 Å². The van der Waals surface area contributed by atoms with Crippen LogP contribution in [0.3, 0.4) is 0 Å². The van der Waals surface area contributed by atoms with Crippen LogP contribution >= 0.6 is 0 Å². The Morgan fingerprint density at radius 1 is 0.448 bits per heavy atom. The second-order valence-electron chi connectivity index (χ2n) is 6.81. The van der Waals surface area contributed by atoms with E-state index in [1.54, 1.807) is 24.3 Å². The molecule has 1 aliphatic carbocycles. The van der Waals surface area contributed by atoms with Crippen molar-refractivity contribution in [3.8, 4) is 0 Å². The van der Waals surface area contributed by atoms with Gasteiger partial charge in [0.15, 0.2) is 26.3 Å². The average Bonchev–Trinajstić information content (AvgIpc) is 2.79. The molecule has 5 rings (SSSR count). The van der Waals surface area contributed by atoms with Gasteiger partial charge >= 0.3 is 0 Å². The van der Waals surface area contributed by atoms with Gasteiger partial charge in [-0.2, -0.15) is 0 Å². The summed E-state index contributed by atoms with van der Waals surface area (Å²) < 4.78 is 0. The number of carbonyl (C=O) groups is 2. The molecule has 138 valence electrons. The number of carbonyl (C=O) groups excluding carboxylic acids is 2. The third kappa shape index (κ3) is 2.91. The Kier molecular flexibility index (Phi) is 4.38. The van der Waals surface area contributed by atoms with Crippen molar-refractivity contribution in [3.05, 3.63) is 125 Å². The fourth-order valence-corrected chi connectivity index (χ4v) is 6.05. The fraction of sp³-hybridized carbons (Fsp3) is 0. The summed E-state index contributed by atoms with van der Waals surface area (Å²) in [6.07, 6.45) is 0. The summed E-state index contributed by atoms with van der Waals surface area (Å²) in [5.74, 6) is -0.156. The van der Waals surface area contributed by atoms with Gasteiger partial charge in [0.05, 0.1) is 5.56 Å². The molecule has 4 aromatic carbocycles. The van der Waals surface area contributed by atoms with Crippen LogP contribution in [0.4, 0.5) is 0 Å². The monoisotopic (exact) mass is 393 g/mol. The Labute approximate surface area is 172 Å². The van der Waals surface area contributed by atoms with Gasteiger partial charge in [-0.1, -0.05) is 66.7 Å². The molecule has 0 N–H and O–H groups in total. The number of hydrogen-bond donors (Lipinski definition) is 0. The Bertz CT molecular complexity index is 1190. The molecule has 0 fully saturated rings. The van der Waals surface area contributed by atoms with E-state index in [9.17, 15) is 9.59 Å². The van der Waals surface area contributed by atoms with E-state index in [1.165, 1.54) is 0 Å². The molecule has 0 heterocycles. The number of hydrogen-bond acceptors (Lipinski definition) is 2. The quantitative estimate of drug-likeness (QED) is 0.376. The van der Waals surface area contributed by atoms with Crippen LogP contribution in [-0.2, 0) is 10.9 Å². The first-order valence-electron chi connectivity index (χ1n) is 9.41. The maximum Gasteiger partial charge on any atom is 0.199 e. The van der Waals surface area contributed by atoms with Gasteiger partial charge in [-0.15, -0.1) is 0 Å². The number of fused-ring (bicyclic) bond motifs is 2. The summed E-state index contributed by atoms with van der Waals surface area (Å²) in [6, 6.07) is 33.1. The maximum absolute atomic E-state index is 13.5. The molecule has 1 aliphatic rings. The van der Waals surface area contributed by atoms with Gasteiger partial charge in [0.2, 0.25) is 0 Å². The normalized spacial score (nSPS) is 12.6. The maximum atomic E-state index is 13.5. The third-order valence-corrected chi connectivity index (χ3v) is 7.36. The van der Waals surface area contributed by atoms with Crippen LogP contribution < -0.4 is 0 Å². The minimum absolute atomic E-state index is 0.0739. The minimum atomic E-state index is -0.490. The molecule has 0 saturated heterocycles. The Balaban J connectivity index is 1.78. The Morgan fingerprint density at radius 2 is 0.931 bits per heavy atom. The second kappa shape index (κ2) is 7.19. The smallest absolute Gasteiger partial charge is 0.199 e. The van der Waals surface area contributed by atoms with Gasteiger partial charge in [-0.05, 0) is 36.4 Å². The first-order valence-corrected chi connectivity index (χ1v) is 10.6. The summed E-state index contributed by atoms with van der Waals surface area (Å²) in [7, 11) is -0.490. The molecule has 2 nitrogen and oxygen atoms in total. The van der Waals surface area contributed by atoms with Crippen LogP contribution in [-0.4, -0.2) is 11.6 Å². The topological polar surface area (TPSA) is 34.1 Å². The zero-order chi connectivity index (χ0) is 19.8. The molecule has 3 heteroatoms. The second-order valence-corrected chi connectivity index (χ2v) is 8.81. The van der Waals surface area contributed by atoms with Gasteiger partial charge in [0, 0.05) is 16.7 Å². The van der Waals surface area contributed by atoms with E-state index in [1.807, 2.05) is 54.6 Å². The zero-order valence-electron chi connectivity index (χ0n) is 15.5. The van der Waals surface area contributed by atoms with Crippen molar-refractivity contribution in [3.63, 3.8) is 0 Å². The van der Waals surface area contributed by atoms with E-state index in [4.69, 9.17) is 0 Å². The highest BCUT2D eigenvalue weighted by Gasteiger charge is 2.39. The van der Waals surface area contributed by atoms with E-state index in [-0.39, 0.29) is 11.6 Å². The standard InChI is InChI=1S/C26H17O2S/c27-25-20-14-7-8-15-21(20)26(28)24-22(25)16-9-17-23(24)29(18-10-3-1-4-11-18)19-12-5-2-6-13-19/h1-17H/q+1. The Morgan fingerprint density at radius 3 is 1.52 bits per heavy atom. The lowest BCUT2D eigenvalue weighted by molar-refractivity contribution is 0.0977. The molecule has 0 bridgehead atoms. The van der Waals surface area contributed by atoms with E-state index >= 15 is 0 Å². The summed E-state index contributed by atoms with van der Waals surface area (Å²) in [5.41, 5.74) is 2.01. The molecule has 0 aromatic heterocycles. The Hall–Kier alpha value is -3.43.